The first-order valence-corrected chi connectivity index (χ1v) is 4.36. The highest BCUT2D eigenvalue weighted by molar-refractivity contribution is 6.31. The molecular weight excluding hydrogens is 222 g/mol. The molecule has 0 aromatic heterocycles. The number of rotatable bonds is 3. The minimum atomic E-state index is -1.20. The monoisotopic (exact) mass is 229 g/mol. The normalized spacial score (nSPS) is 9.73. The van der Waals surface area contributed by atoms with Gasteiger partial charge in [0, 0.05) is 5.02 Å². The zero-order chi connectivity index (χ0) is 11.4. The van der Waals surface area contributed by atoms with E-state index < -0.39 is 18.5 Å². The molecule has 0 saturated carbocycles. The minimum Gasteiger partial charge on any atom is -0.478 e. The van der Waals surface area contributed by atoms with Crippen LogP contribution in [0.15, 0.2) is 18.2 Å². The second kappa shape index (κ2) is 4.77. The smallest absolute Gasteiger partial charge is 0.337 e. The summed E-state index contributed by atoms with van der Waals surface area (Å²) in [4.78, 5) is 21.6. The van der Waals surface area contributed by atoms with Crippen LogP contribution in [0.25, 0.3) is 0 Å². The van der Waals surface area contributed by atoms with Gasteiger partial charge in [-0.05, 0) is 18.2 Å². The van der Waals surface area contributed by atoms with Crippen LogP contribution in [-0.4, -0.2) is 28.7 Å². The van der Waals surface area contributed by atoms with Crippen molar-refractivity contribution in [1.82, 2.24) is 0 Å². The number of carboxylic acids is 1. The third kappa shape index (κ3) is 2.93. The van der Waals surface area contributed by atoms with Gasteiger partial charge in [0.2, 0.25) is 5.91 Å². The maximum absolute atomic E-state index is 10.9. The number of aliphatic hydroxyl groups is 1. The Kier molecular flexibility index (Phi) is 3.65. The first-order valence-electron chi connectivity index (χ1n) is 3.98. The van der Waals surface area contributed by atoms with Crippen LogP contribution in [0.2, 0.25) is 5.02 Å². The number of carboxylic acid groups (broad SMARTS) is 1. The number of nitrogens with one attached hydrogen (secondary N) is 1. The standard InChI is InChI=1S/C9H8ClNO4/c10-5-1-2-7(11-8(13)4-12)6(3-5)9(14)15/h1-3,12H,4H2,(H,11,13)(H,14,15). The molecule has 0 bridgehead atoms. The molecule has 1 rings (SSSR count). The van der Waals surface area contributed by atoms with Crippen LogP contribution in [0.1, 0.15) is 10.4 Å². The number of halogens is 1. The Morgan fingerprint density at radius 3 is 2.60 bits per heavy atom. The SMILES string of the molecule is O=C(CO)Nc1ccc(Cl)cc1C(=O)O. The molecule has 0 heterocycles. The van der Waals surface area contributed by atoms with Gasteiger partial charge in [-0.1, -0.05) is 11.6 Å². The van der Waals surface area contributed by atoms with Crippen molar-refractivity contribution in [2.45, 2.75) is 0 Å². The number of aromatic carboxylic acids is 1. The fourth-order valence-electron chi connectivity index (χ4n) is 0.992. The van der Waals surface area contributed by atoms with E-state index in [9.17, 15) is 9.59 Å². The summed E-state index contributed by atoms with van der Waals surface area (Å²) in [6.45, 7) is -0.707. The van der Waals surface area contributed by atoms with E-state index in [0.717, 1.165) is 0 Å². The molecule has 0 radical (unpaired) electrons. The number of carbonyl (C=O) groups excluding carboxylic acids is 1. The van der Waals surface area contributed by atoms with Crippen molar-refractivity contribution in [2.24, 2.45) is 0 Å². The molecule has 0 spiro atoms. The molecule has 0 unspecified atom stereocenters. The molecule has 1 aromatic carbocycles. The minimum absolute atomic E-state index is 0.103. The zero-order valence-corrected chi connectivity index (χ0v) is 8.28. The summed E-state index contributed by atoms with van der Waals surface area (Å²) in [5, 5.41) is 19.8. The second-order valence-corrected chi connectivity index (χ2v) is 3.14. The van der Waals surface area contributed by atoms with Crippen molar-refractivity contribution in [3.8, 4) is 0 Å². The van der Waals surface area contributed by atoms with E-state index in [1.807, 2.05) is 0 Å². The zero-order valence-electron chi connectivity index (χ0n) is 7.53. The summed E-state index contributed by atoms with van der Waals surface area (Å²) in [7, 11) is 0. The van der Waals surface area contributed by atoms with Gasteiger partial charge < -0.3 is 15.5 Å². The Labute approximate surface area is 90.3 Å². The number of anilines is 1. The van der Waals surface area contributed by atoms with Crippen LogP contribution < -0.4 is 5.32 Å². The molecule has 0 saturated heterocycles. The lowest BCUT2D eigenvalue weighted by Crippen LogP contribution is -2.17. The fourth-order valence-corrected chi connectivity index (χ4v) is 1.16. The van der Waals surface area contributed by atoms with Gasteiger partial charge in [0.1, 0.15) is 6.61 Å². The Hall–Kier alpha value is -1.59. The second-order valence-electron chi connectivity index (χ2n) is 2.70. The van der Waals surface area contributed by atoms with Crippen LogP contribution in [0.5, 0.6) is 0 Å². The molecule has 0 aliphatic carbocycles. The first kappa shape index (κ1) is 11.5. The summed E-state index contributed by atoms with van der Waals surface area (Å²) in [6, 6.07) is 4.03. The van der Waals surface area contributed by atoms with Crippen LogP contribution in [0, 0.1) is 0 Å². The van der Waals surface area contributed by atoms with Gasteiger partial charge in [0.25, 0.3) is 0 Å². The van der Waals surface area contributed by atoms with Gasteiger partial charge in [-0.25, -0.2) is 4.79 Å². The van der Waals surface area contributed by atoms with Gasteiger partial charge in [-0.15, -0.1) is 0 Å². The Balaban J connectivity index is 3.06. The average molecular weight is 230 g/mol. The quantitative estimate of drug-likeness (QED) is 0.721. The molecule has 0 aliphatic heterocycles. The van der Waals surface area contributed by atoms with E-state index in [4.69, 9.17) is 21.8 Å². The maximum Gasteiger partial charge on any atom is 0.337 e. The summed E-state index contributed by atoms with van der Waals surface area (Å²) in [5.41, 5.74) is -0.0183. The number of carbonyl (C=O) groups is 2. The van der Waals surface area contributed by atoms with E-state index in [1.165, 1.54) is 18.2 Å². The summed E-state index contributed by atoms with van der Waals surface area (Å²) in [5.74, 6) is -1.88. The highest BCUT2D eigenvalue weighted by atomic mass is 35.5. The number of aliphatic hydroxyl groups excluding tert-OH is 1. The van der Waals surface area contributed by atoms with Gasteiger partial charge in [-0.2, -0.15) is 0 Å². The van der Waals surface area contributed by atoms with Crippen molar-refractivity contribution in [3.63, 3.8) is 0 Å². The highest BCUT2D eigenvalue weighted by Crippen LogP contribution is 2.20. The topological polar surface area (TPSA) is 86.6 Å². The molecule has 80 valence electrons. The molecule has 0 aliphatic rings. The highest BCUT2D eigenvalue weighted by Gasteiger charge is 2.12. The number of benzene rings is 1. The molecule has 5 nitrogen and oxygen atoms in total. The lowest BCUT2D eigenvalue weighted by molar-refractivity contribution is -0.118. The molecule has 6 heteroatoms. The van der Waals surface area contributed by atoms with Crippen molar-refractivity contribution in [2.75, 3.05) is 11.9 Å². The van der Waals surface area contributed by atoms with Crippen molar-refractivity contribution in [1.29, 1.82) is 0 Å². The maximum atomic E-state index is 10.9. The van der Waals surface area contributed by atoms with Crippen LogP contribution in [-0.2, 0) is 4.79 Å². The number of hydrogen-bond donors (Lipinski definition) is 3. The molecule has 3 N–H and O–H groups in total. The third-order valence-electron chi connectivity index (χ3n) is 1.63. The number of hydrogen-bond acceptors (Lipinski definition) is 3. The fraction of sp³-hybridized carbons (Fsp3) is 0.111. The third-order valence-corrected chi connectivity index (χ3v) is 1.86. The Morgan fingerprint density at radius 2 is 2.07 bits per heavy atom. The predicted octanol–water partition coefficient (Wildman–Crippen LogP) is 0.969. The molecule has 1 amide bonds. The molecule has 0 atom stereocenters. The van der Waals surface area contributed by atoms with Crippen LogP contribution >= 0.6 is 11.6 Å². The van der Waals surface area contributed by atoms with E-state index in [-0.39, 0.29) is 16.3 Å². The van der Waals surface area contributed by atoms with E-state index in [1.54, 1.807) is 0 Å². The van der Waals surface area contributed by atoms with E-state index in [0.29, 0.717) is 0 Å². The summed E-state index contributed by atoms with van der Waals surface area (Å²) in [6.07, 6.45) is 0. The van der Waals surface area contributed by atoms with Crippen LogP contribution in [0.3, 0.4) is 0 Å². The van der Waals surface area contributed by atoms with E-state index in [2.05, 4.69) is 5.32 Å². The molecular formula is C9H8ClNO4. The largest absolute Gasteiger partial charge is 0.478 e. The summed E-state index contributed by atoms with van der Waals surface area (Å²) >= 11 is 5.61. The summed E-state index contributed by atoms with van der Waals surface area (Å²) < 4.78 is 0. The predicted molar refractivity (Wildman–Crippen MR) is 54.1 cm³/mol. The molecule has 15 heavy (non-hydrogen) atoms. The average Bonchev–Trinajstić information content (AvgIpc) is 2.20. The van der Waals surface area contributed by atoms with Crippen molar-refractivity contribution >= 4 is 29.2 Å². The lowest BCUT2D eigenvalue weighted by Gasteiger charge is -2.07. The van der Waals surface area contributed by atoms with Gasteiger partial charge >= 0.3 is 5.97 Å². The molecule has 0 fully saturated rings. The Bertz CT molecular complexity index is 405. The number of amides is 1. The lowest BCUT2D eigenvalue weighted by atomic mass is 10.2. The van der Waals surface area contributed by atoms with Crippen LogP contribution in [0.4, 0.5) is 5.69 Å². The van der Waals surface area contributed by atoms with Crippen molar-refractivity contribution < 1.29 is 19.8 Å². The van der Waals surface area contributed by atoms with E-state index >= 15 is 0 Å². The van der Waals surface area contributed by atoms with Gasteiger partial charge in [0.15, 0.2) is 0 Å². The first-order chi connectivity index (χ1) is 7.04. The van der Waals surface area contributed by atoms with Gasteiger partial charge in [-0.3, -0.25) is 4.79 Å². The molecule has 1 aromatic rings. The van der Waals surface area contributed by atoms with Crippen molar-refractivity contribution in [3.05, 3.63) is 28.8 Å². The Morgan fingerprint density at radius 1 is 1.40 bits per heavy atom. The van der Waals surface area contributed by atoms with Gasteiger partial charge in [0.05, 0.1) is 11.3 Å².